The smallest absolute Gasteiger partial charge is 0.0678 e. The normalized spacial score (nSPS) is 27.7. The Balaban J connectivity index is 2.43. The molecule has 3 atom stereocenters. The van der Waals surface area contributed by atoms with Crippen LogP contribution < -0.4 is 5.32 Å². The second-order valence-corrected chi connectivity index (χ2v) is 5.87. The molecule has 18 heavy (non-hydrogen) atoms. The Labute approximate surface area is 112 Å². The van der Waals surface area contributed by atoms with Crippen LogP contribution in [0.3, 0.4) is 0 Å². The maximum Gasteiger partial charge on any atom is 0.0678 e. The molecule has 0 radical (unpaired) electrons. The zero-order chi connectivity index (χ0) is 13.5. The molecule has 4 nitrogen and oxygen atoms in total. The molecule has 0 aromatic rings. The number of rotatable bonds is 7. The summed E-state index contributed by atoms with van der Waals surface area (Å²) in [6, 6.07) is 0.447. The molecule has 0 bridgehead atoms. The van der Waals surface area contributed by atoms with Crippen molar-refractivity contribution in [2.45, 2.75) is 45.9 Å². The van der Waals surface area contributed by atoms with Crippen LogP contribution in [0.1, 0.15) is 27.7 Å². The van der Waals surface area contributed by atoms with Crippen LogP contribution >= 0.6 is 0 Å². The molecule has 108 valence electrons. The topological polar surface area (TPSA) is 33.7 Å². The number of hydrogen-bond acceptors (Lipinski definition) is 4. The Hall–Kier alpha value is -0.160. The van der Waals surface area contributed by atoms with E-state index in [1.165, 1.54) is 0 Å². The Morgan fingerprint density at radius 2 is 1.83 bits per heavy atom. The molecule has 0 spiro atoms. The van der Waals surface area contributed by atoms with Gasteiger partial charge in [0.15, 0.2) is 0 Å². The molecule has 0 amide bonds. The van der Waals surface area contributed by atoms with Gasteiger partial charge in [0.05, 0.1) is 18.8 Å². The molecule has 1 heterocycles. The van der Waals surface area contributed by atoms with Gasteiger partial charge in [-0.2, -0.15) is 0 Å². The molecule has 1 rings (SSSR count). The molecule has 0 aromatic heterocycles. The van der Waals surface area contributed by atoms with Crippen LogP contribution in [0.2, 0.25) is 0 Å². The highest BCUT2D eigenvalue weighted by Gasteiger charge is 2.27. The van der Waals surface area contributed by atoms with Gasteiger partial charge in [-0.3, -0.25) is 4.90 Å². The number of morpholine rings is 1. The number of methoxy groups -OCH3 is 1. The number of nitrogens with one attached hydrogen (secondary N) is 1. The predicted molar refractivity (Wildman–Crippen MR) is 75.0 cm³/mol. The molecule has 1 fully saturated rings. The van der Waals surface area contributed by atoms with Crippen LogP contribution in [0.4, 0.5) is 0 Å². The molecule has 1 N–H and O–H groups in total. The van der Waals surface area contributed by atoms with E-state index in [1.54, 1.807) is 7.11 Å². The fourth-order valence-electron chi connectivity index (χ4n) is 2.54. The molecule has 1 aliphatic heterocycles. The van der Waals surface area contributed by atoms with Crippen molar-refractivity contribution >= 4 is 0 Å². The largest absolute Gasteiger partial charge is 0.383 e. The number of nitrogens with zero attached hydrogens (tertiary/aromatic N) is 1. The van der Waals surface area contributed by atoms with Crippen LogP contribution in [0, 0.1) is 5.92 Å². The molecule has 0 aliphatic carbocycles. The van der Waals surface area contributed by atoms with Gasteiger partial charge in [-0.15, -0.1) is 0 Å². The fraction of sp³-hybridized carbons (Fsp3) is 1.00. The van der Waals surface area contributed by atoms with Gasteiger partial charge in [-0.05, 0) is 26.3 Å². The minimum Gasteiger partial charge on any atom is -0.383 e. The van der Waals surface area contributed by atoms with Gasteiger partial charge in [-0.25, -0.2) is 0 Å². The van der Waals surface area contributed by atoms with E-state index < -0.39 is 0 Å². The van der Waals surface area contributed by atoms with Gasteiger partial charge < -0.3 is 14.8 Å². The monoisotopic (exact) mass is 258 g/mol. The van der Waals surface area contributed by atoms with Crippen LogP contribution in [-0.2, 0) is 9.47 Å². The van der Waals surface area contributed by atoms with Crippen molar-refractivity contribution < 1.29 is 9.47 Å². The minimum atomic E-state index is 0.318. The lowest BCUT2D eigenvalue weighted by Crippen LogP contribution is -2.54. The van der Waals surface area contributed by atoms with Crippen LogP contribution in [0.5, 0.6) is 0 Å². The zero-order valence-corrected chi connectivity index (χ0v) is 12.6. The molecule has 4 heteroatoms. The van der Waals surface area contributed by atoms with E-state index in [1.807, 2.05) is 0 Å². The summed E-state index contributed by atoms with van der Waals surface area (Å²) in [4.78, 5) is 2.50. The Morgan fingerprint density at radius 3 is 2.33 bits per heavy atom. The van der Waals surface area contributed by atoms with Crippen molar-refractivity contribution in [3.63, 3.8) is 0 Å². The lowest BCUT2D eigenvalue weighted by atomic mass is 10.1. The molecule has 3 unspecified atom stereocenters. The van der Waals surface area contributed by atoms with Gasteiger partial charge in [0.2, 0.25) is 0 Å². The van der Waals surface area contributed by atoms with E-state index >= 15 is 0 Å². The third-order valence-corrected chi connectivity index (χ3v) is 3.26. The minimum absolute atomic E-state index is 0.318. The van der Waals surface area contributed by atoms with Crippen molar-refractivity contribution in [1.29, 1.82) is 0 Å². The maximum atomic E-state index is 5.78. The molecule has 0 saturated carbocycles. The first-order chi connectivity index (χ1) is 8.52. The van der Waals surface area contributed by atoms with Gasteiger partial charge in [0, 0.05) is 32.8 Å². The van der Waals surface area contributed by atoms with E-state index in [2.05, 4.69) is 37.9 Å². The summed E-state index contributed by atoms with van der Waals surface area (Å²) >= 11 is 0. The summed E-state index contributed by atoms with van der Waals surface area (Å²) in [6.45, 7) is 13.6. The van der Waals surface area contributed by atoms with Crippen molar-refractivity contribution in [2.75, 3.05) is 39.9 Å². The highest BCUT2D eigenvalue weighted by atomic mass is 16.5. The first kappa shape index (κ1) is 15.9. The number of ether oxygens (including phenoxy) is 2. The summed E-state index contributed by atoms with van der Waals surface area (Å²) in [5.74, 6) is 0.690. The summed E-state index contributed by atoms with van der Waals surface area (Å²) in [7, 11) is 1.78. The van der Waals surface area contributed by atoms with Gasteiger partial charge >= 0.3 is 0 Å². The second kappa shape index (κ2) is 8.10. The Kier molecular flexibility index (Phi) is 7.15. The lowest BCUT2D eigenvalue weighted by Gasteiger charge is -2.40. The fourth-order valence-corrected chi connectivity index (χ4v) is 2.54. The van der Waals surface area contributed by atoms with E-state index in [4.69, 9.17) is 9.47 Å². The van der Waals surface area contributed by atoms with E-state index in [0.717, 1.165) is 32.8 Å². The number of hydrogen-bond donors (Lipinski definition) is 1. The Bertz CT molecular complexity index is 214. The molecule has 1 saturated heterocycles. The first-order valence-electron chi connectivity index (χ1n) is 7.12. The average Bonchev–Trinajstić information content (AvgIpc) is 2.26. The predicted octanol–water partition coefficient (Wildman–Crippen LogP) is 1.36. The molecular weight excluding hydrogens is 228 g/mol. The summed E-state index contributed by atoms with van der Waals surface area (Å²) < 4.78 is 11.1. The van der Waals surface area contributed by atoms with Crippen LogP contribution in [0.25, 0.3) is 0 Å². The summed E-state index contributed by atoms with van der Waals surface area (Å²) in [5, 5.41) is 3.53. The standard InChI is InChI=1S/C14H30N2O2/c1-11(2)6-15-7-14(10-17-5)16-8-12(3)18-13(4)9-16/h11-15H,6-10H2,1-5H3. The lowest BCUT2D eigenvalue weighted by molar-refractivity contribution is -0.0870. The molecule has 1 aliphatic rings. The highest BCUT2D eigenvalue weighted by molar-refractivity contribution is 4.81. The summed E-state index contributed by atoms with van der Waals surface area (Å²) in [6.07, 6.45) is 0.636. The summed E-state index contributed by atoms with van der Waals surface area (Å²) in [5.41, 5.74) is 0. The van der Waals surface area contributed by atoms with Crippen molar-refractivity contribution in [3.05, 3.63) is 0 Å². The zero-order valence-electron chi connectivity index (χ0n) is 12.6. The van der Waals surface area contributed by atoms with E-state index in [-0.39, 0.29) is 0 Å². The van der Waals surface area contributed by atoms with Crippen LogP contribution in [-0.4, -0.2) is 63.0 Å². The van der Waals surface area contributed by atoms with E-state index in [0.29, 0.717) is 24.2 Å². The highest BCUT2D eigenvalue weighted by Crippen LogP contribution is 2.13. The van der Waals surface area contributed by atoms with Crippen LogP contribution in [0.15, 0.2) is 0 Å². The van der Waals surface area contributed by atoms with Gasteiger partial charge in [0.1, 0.15) is 0 Å². The van der Waals surface area contributed by atoms with Gasteiger partial charge in [0.25, 0.3) is 0 Å². The molecular formula is C14H30N2O2. The Morgan fingerprint density at radius 1 is 1.22 bits per heavy atom. The van der Waals surface area contributed by atoms with E-state index in [9.17, 15) is 0 Å². The molecule has 0 aromatic carbocycles. The third-order valence-electron chi connectivity index (χ3n) is 3.26. The quantitative estimate of drug-likeness (QED) is 0.747. The van der Waals surface area contributed by atoms with Gasteiger partial charge in [-0.1, -0.05) is 13.8 Å². The van der Waals surface area contributed by atoms with Crippen molar-refractivity contribution in [3.8, 4) is 0 Å². The first-order valence-corrected chi connectivity index (χ1v) is 7.12. The average molecular weight is 258 g/mol. The second-order valence-electron chi connectivity index (χ2n) is 5.87. The maximum absolute atomic E-state index is 5.78. The van der Waals surface area contributed by atoms with Crippen molar-refractivity contribution in [2.24, 2.45) is 5.92 Å². The van der Waals surface area contributed by atoms with Crippen molar-refractivity contribution in [1.82, 2.24) is 10.2 Å². The third kappa shape index (κ3) is 5.65. The SMILES string of the molecule is COCC(CNCC(C)C)N1CC(C)OC(C)C1.